The van der Waals surface area contributed by atoms with Crippen LogP contribution in [-0.4, -0.2) is 82.3 Å². The summed E-state index contributed by atoms with van der Waals surface area (Å²) in [7, 11) is 5.94. The summed E-state index contributed by atoms with van der Waals surface area (Å²) in [4.78, 5) is 37.7. The van der Waals surface area contributed by atoms with Gasteiger partial charge >= 0.3 is 11.9 Å². The number of aliphatic carboxylic acids is 1. The average Bonchev–Trinajstić information content (AvgIpc) is 0.965. The molecule has 107 heavy (non-hydrogen) atoms. The Morgan fingerprint density at radius 3 is 0.748 bits per heavy atom. The average molecular weight is 1480 g/mol. The summed E-state index contributed by atoms with van der Waals surface area (Å²) in [6.45, 7) is 4.53. The normalized spacial score (nSPS) is 13.6. The summed E-state index contributed by atoms with van der Waals surface area (Å²) >= 11 is 0. The maximum atomic E-state index is 13.0. The number of carbonyl (C=O) groups excluding carboxylic acids is 3. The molecule has 9 nitrogen and oxygen atoms in total. The van der Waals surface area contributed by atoms with E-state index in [0.717, 1.165) is 141 Å². The van der Waals surface area contributed by atoms with E-state index < -0.39 is 24.3 Å². The van der Waals surface area contributed by atoms with E-state index in [9.17, 15) is 19.5 Å². The monoisotopic (exact) mass is 1480 g/mol. The van der Waals surface area contributed by atoms with E-state index in [-0.39, 0.29) is 38.6 Å². The van der Waals surface area contributed by atoms with Crippen molar-refractivity contribution in [1.29, 1.82) is 0 Å². The molecule has 0 aromatic rings. The van der Waals surface area contributed by atoms with Crippen molar-refractivity contribution >= 4 is 17.9 Å². The van der Waals surface area contributed by atoms with Gasteiger partial charge in [-0.2, -0.15) is 0 Å². The van der Waals surface area contributed by atoms with Gasteiger partial charge in [-0.1, -0.05) is 388 Å². The Labute approximate surface area is 659 Å². The van der Waals surface area contributed by atoms with Crippen molar-refractivity contribution in [3.63, 3.8) is 0 Å². The standard InChI is InChI=1S/C98H161NO8/c1-6-8-10-12-14-16-18-20-22-24-26-28-30-32-34-36-38-40-42-44-46-48-50-52-54-56-58-60-62-64-66-68-70-72-74-76-78-80-82-84-86-88-95(100)105-92-94(93-106-98(97(102)103)104-91-90-99(3,4)5)107-96(101)89-87-85-83-81-79-77-75-73-71-69-67-65-63-61-59-57-55-53-51-49-47-45-43-41-39-37-35-33-31-29-27-25-23-21-19-17-15-13-11-9-7-2/h8-11,14-17,20-23,26-29,32-35,38-41,44-47,51,53,57,59,94,98H,6-7,12-13,18-19,24-25,30-31,36-37,42-43,48-50,52,54-56,58,60-93H2,1-5H3/b10-8-,11-9-,16-14-,17-15-,22-20-,23-21-,28-26-,29-27-,34-32-,35-33-,40-38-,41-39-,46-44-,47-45-,53-51-,59-57-. The van der Waals surface area contributed by atoms with Crippen molar-refractivity contribution < 1.29 is 42.9 Å². The number of hydrogen-bond acceptors (Lipinski definition) is 8. The van der Waals surface area contributed by atoms with Crippen molar-refractivity contribution in [2.45, 2.75) is 360 Å². The number of carboxylic acid groups (broad SMARTS) is 1. The highest BCUT2D eigenvalue weighted by Gasteiger charge is 2.22. The molecule has 0 spiro atoms. The topological polar surface area (TPSA) is 111 Å². The third-order valence-electron chi connectivity index (χ3n) is 18.3. The van der Waals surface area contributed by atoms with Crippen LogP contribution in [-0.2, 0) is 33.3 Å². The fourth-order valence-electron chi connectivity index (χ4n) is 11.8. The van der Waals surface area contributed by atoms with Crippen LogP contribution in [0.5, 0.6) is 0 Å². The molecule has 0 radical (unpaired) electrons. The molecule has 0 rings (SSSR count). The van der Waals surface area contributed by atoms with E-state index in [2.05, 4.69) is 208 Å². The molecule has 0 heterocycles. The summed E-state index contributed by atoms with van der Waals surface area (Å²) in [6.07, 6.45) is 128. The SMILES string of the molecule is CC/C=C\C/C=C\C/C=C\C/C=C\C/C=C\C/C=C\C/C=C\C/C=C\C/C=C\CCCCCCCCCCCCCCCC(=O)OC(COC(=O)CCCCCCCCCCCCCCCCCCCCC/C=C\C/C=C\C/C=C\C/C=C\C/C=C\C/C=C\C/C=C\CC)COC(OCC[N+](C)(C)C)C(=O)[O-]. The van der Waals surface area contributed by atoms with Crippen molar-refractivity contribution in [3.8, 4) is 0 Å². The lowest BCUT2D eigenvalue weighted by molar-refractivity contribution is -0.870. The highest BCUT2D eigenvalue weighted by molar-refractivity contribution is 5.70. The predicted molar refractivity (Wildman–Crippen MR) is 462 cm³/mol. The number of hydrogen-bond donors (Lipinski definition) is 0. The fraction of sp³-hybridized carbons (Fsp3) is 0.643. The van der Waals surface area contributed by atoms with Crippen LogP contribution in [0.2, 0.25) is 0 Å². The van der Waals surface area contributed by atoms with E-state index in [1.54, 1.807) is 0 Å². The van der Waals surface area contributed by atoms with Gasteiger partial charge in [0.1, 0.15) is 13.2 Å². The van der Waals surface area contributed by atoms with Gasteiger partial charge in [0, 0.05) is 12.8 Å². The first-order chi connectivity index (χ1) is 52.6. The first-order valence-corrected chi connectivity index (χ1v) is 43.6. The Hall–Kier alpha value is -5.87. The zero-order valence-corrected chi connectivity index (χ0v) is 69.4. The van der Waals surface area contributed by atoms with Gasteiger partial charge in [0.25, 0.3) is 0 Å². The van der Waals surface area contributed by atoms with Crippen molar-refractivity contribution in [2.24, 2.45) is 0 Å². The van der Waals surface area contributed by atoms with Gasteiger partial charge in [0.05, 0.1) is 40.3 Å². The zero-order chi connectivity index (χ0) is 77.4. The lowest BCUT2D eigenvalue weighted by atomic mass is 10.0. The van der Waals surface area contributed by atoms with Crippen LogP contribution < -0.4 is 5.11 Å². The Kier molecular flexibility index (Phi) is 81.0. The zero-order valence-electron chi connectivity index (χ0n) is 69.4. The molecule has 0 aliphatic carbocycles. The Balaban J connectivity index is 4.03. The molecule has 0 aromatic carbocycles. The van der Waals surface area contributed by atoms with Crippen LogP contribution in [0.4, 0.5) is 0 Å². The molecule has 0 amide bonds. The molecule has 0 saturated carbocycles. The van der Waals surface area contributed by atoms with Crippen molar-refractivity contribution in [1.82, 2.24) is 0 Å². The van der Waals surface area contributed by atoms with Gasteiger partial charge in [0.2, 0.25) is 0 Å². The van der Waals surface area contributed by atoms with E-state index in [1.165, 1.54) is 173 Å². The maximum Gasteiger partial charge on any atom is 0.306 e. The van der Waals surface area contributed by atoms with Crippen LogP contribution in [0.15, 0.2) is 194 Å². The summed E-state index contributed by atoms with van der Waals surface area (Å²) in [6, 6.07) is 0. The molecule has 0 aromatic heterocycles. The number of rotatable bonds is 79. The van der Waals surface area contributed by atoms with Crippen LogP contribution >= 0.6 is 0 Å². The Bertz CT molecular complexity index is 2480. The number of likely N-dealkylation sites (N-methyl/N-ethyl adjacent to an activating group) is 1. The molecule has 0 saturated heterocycles. The highest BCUT2D eigenvalue weighted by atomic mass is 16.7. The molecular weight excluding hydrogens is 1320 g/mol. The first-order valence-electron chi connectivity index (χ1n) is 43.6. The largest absolute Gasteiger partial charge is 0.545 e. The molecule has 0 aliphatic rings. The summed E-state index contributed by atoms with van der Waals surface area (Å²) < 4.78 is 22.9. The minimum atomic E-state index is -1.63. The van der Waals surface area contributed by atoms with E-state index in [1.807, 2.05) is 21.1 Å². The second kappa shape index (κ2) is 85.7. The third kappa shape index (κ3) is 87.2. The lowest BCUT2D eigenvalue weighted by Gasteiger charge is -2.26. The van der Waals surface area contributed by atoms with Crippen LogP contribution in [0.25, 0.3) is 0 Å². The van der Waals surface area contributed by atoms with Crippen LogP contribution in [0, 0.1) is 0 Å². The Morgan fingerprint density at radius 2 is 0.505 bits per heavy atom. The minimum Gasteiger partial charge on any atom is -0.545 e. The number of allylic oxidation sites excluding steroid dienone is 32. The quantitative estimate of drug-likeness (QED) is 0.0195. The van der Waals surface area contributed by atoms with E-state index in [0.29, 0.717) is 17.4 Å². The van der Waals surface area contributed by atoms with E-state index >= 15 is 0 Å². The van der Waals surface area contributed by atoms with Gasteiger partial charge in [-0.15, -0.1) is 0 Å². The maximum absolute atomic E-state index is 13.0. The third-order valence-corrected chi connectivity index (χ3v) is 18.3. The molecule has 9 heteroatoms. The predicted octanol–water partition coefficient (Wildman–Crippen LogP) is 27.5. The number of carboxylic acids is 1. The second-order valence-corrected chi connectivity index (χ2v) is 29.7. The summed E-state index contributed by atoms with van der Waals surface area (Å²) in [5.41, 5.74) is 0. The smallest absolute Gasteiger partial charge is 0.306 e. The summed E-state index contributed by atoms with van der Waals surface area (Å²) in [5.74, 6) is -2.28. The fourth-order valence-corrected chi connectivity index (χ4v) is 11.8. The molecule has 2 atom stereocenters. The van der Waals surface area contributed by atoms with Gasteiger partial charge in [0.15, 0.2) is 12.4 Å². The molecule has 2 unspecified atom stereocenters. The van der Waals surface area contributed by atoms with Gasteiger partial charge in [-0.25, -0.2) is 0 Å². The molecule has 0 aliphatic heterocycles. The second-order valence-electron chi connectivity index (χ2n) is 29.7. The molecule has 0 N–H and O–H groups in total. The molecular formula is C98H161NO8. The summed E-state index contributed by atoms with van der Waals surface area (Å²) in [5, 5.41) is 11.9. The van der Waals surface area contributed by atoms with Gasteiger partial charge in [-0.3, -0.25) is 9.59 Å². The number of quaternary nitrogens is 1. The van der Waals surface area contributed by atoms with Gasteiger partial charge in [-0.05, 0) is 141 Å². The van der Waals surface area contributed by atoms with Crippen molar-refractivity contribution in [3.05, 3.63) is 194 Å². The molecule has 606 valence electrons. The number of ether oxygens (including phenoxy) is 4. The molecule has 0 fully saturated rings. The number of esters is 2. The highest BCUT2D eigenvalue weighted by Crippen LogP contribution is 2.18. The molecule has 0 bridgehead atoms. The number of carbonyl (C=O) groups is 3. The van der Waals surface area contributed by atoms with Crippen LogP contribution in [0.3, 0.4) is 0 Å². The Morgan fingerprint density at radius 1 is 0.280 bits per heavy atom. The van der Waals surface area contributed by atoms with E-state index in [4.69, 9.17) is 18.9 Å². The first kappa shape index (κ1) is 101. The minimum absolute atomic E-state index is 0.142. The van der Waals surface area contributed by atoms with Crippen LogP contribution in [0.1, 0.15) is 348 Å². The van der Waals surface area contributed by atoms with Crippen molar-refractivity contribution in [2.75, 3.05) is 47.5 Å². The number of nitrogens with zero attached hydrogens (tertiary/aromatic N) is 1. The number of unbranched alkanes of at least 4 members (excludes halogenated alkanes) is 32. The lowest BCUT2D eigenvalue weighted by Crippen LogP contribution is -2.44. The van der Waals surface area contributed by atoms with Gasteiger partial charge < -0.3 is 33.3 Å².